The van der Waals surface area contributed by atoms with Crippen molar-refractivity contribution >= 4 is 17.7 Å². The van der Waals surface area contributed by atoms with Gasteiger partial charge in [-0.05, 0) is 42.0 Å². The van der Waals surface area contributed by atoms with Gasteiger partial charge in [0.25, 0.3) is 5.91 Å². The number of likely N-dealkylation sites (tertiary alicyclic amines) is 1. The minimum absolute atomic E-state index is 0.155. The van der Waals surface area contributed by atoms with Crippen molar-refractivity contribution in [1.82, 2.24) is 25.0 Å². The van der Waals surface area contributed by atoms with Crippen LogP contribution in [0, 0.1) is 0 Å². The molecule has 0 unspecified atom stereocenters. The molecule has 1 saturated heterocycles. The number of nitrogens with one attached hydrogen (secondary N) is 1. The van der Waals surface area contributed by atoms with Crippen LogP contribution < -0.4 is 5.32 Å². The maximum Gasteiger partial charge on any atom is 0.251 e. The SMILES string of the molecule is O=C(NCc1cn(-c2ccccc2)nc1-c1ccncc1)c1ccc(CN2C(=O)CCC2=O)cc1. The number of pyridine rings is 1. The third-order valence-electron chi connectivity index (χ3n) is 5.92. The first-order valence-corrected chi connectivity index (χ1v) is 11.3. The predicted molar refractivity (Wildman–Crippen MR) is 129 cm³/mol. The molecule has 0 atom stereocenters. The van der Waals surface area contributed by atoms with Crippen molar-refractivity contribution in [2.24, 2.45) is 0 Å². The molecule has 1 aliphatic heterocycles. The van der Waals surface area contributed by atoms with Crippen LogP contribution in [0.15, 0.2) is 85.3 Å². The van der Waals surface area contributed by atoms with Crippen LogP contribution in [0.1, 0.15) is 34.3 Å². The van der Waals surface area contributed by atoms with Crippen LogP contribution in [-0.2, 0) is 22.7 Å². The summed E-state index contributed by atoms with van der Waals surface area (Å²) < 4.78 is 1.80. The number of carbonyl (C=O) groups excluding carboxylic acids is 3. The number of carbonyl (C=O) groups is 3. The summed E-state index contributed by atoms with van der Waals surface area (Å²) in [5.74, 6) is -0.534. The van der Waals surface area contributed by atoms with Crippen LogP contribution in [0.3, 0.4) is 0 Å². The average molecular weight is 466 g/mol. The highest BCUT2D eigenvalue weighted by atomic mass is 16.2. The van der Waals surface area contributed by atoms with Crippen LogP contribution in [0.2, 0.25) is 0 Å². The van der Waals surface area contributed by atoms with E-state index in [-0.39, 0.29) is 37.1 Å². The van der Waals surface area contributed by atoms with E-state index in [0.717, 1.165) is 28.1 Å². The molecule has 3 heterocycles. The second kappa shape index (κ2) is 9.72. The van der Waals surface area contributed by atoms with Crippen molar-refractivity contribution in [2.75, 3.05) is 0 Å². The quantitative estimate of drug-likeness (QED) is 0.421. The van der Waals surface area contributed by atoms with E-state index in [1.165, 1.54) is 4.90 Å². The Morgan fingerprint density at radius 2 is 1.57 bits per heavy atom. The maximum atomic E-state index is 12.8. The third kappa shape index (κ3) is 4.86. The van der Waals surface area contributed by atoms with Crippen molar-refractivity contribution in [3.05, 3.63) is 102 Å². The summed E-state index contributed by atoms with van der Waals surface area (Å²) in [4.78, 5) is 41.9. The van der Waals surface area contributed by atoms with E-state index in [0.29, 0.717) is 12.1 Å². The summed E-state index contributed by atoms with van der Waals surface area (Å²) in [6.45, 7) is 0.523. The van der Waals surface area contributed by atoms with Gasteiger partial charge in [0.2, 0.25) is 11.8 Å². The first kappa shape index (κ1) is 22.2. The number of amides is 3. The van der Waals surface area contributed by atoms with Crippen LogP contribution >= 0.6 is 0 Å². The van der Waals surface area contributed by atoms with Gasteiger partial charge in [-0.3, -0.25) is 24.3 Å². The lowest BCUT2D eigenvalue weighted by atomic mass is 10.1. The molecule has 35 heavy (non-hydrogen) atoms. The van der Waals surface area contributed by atoms with Gasteiger partial charge >= 0.3 is 0 Å². The van der Waals surface area contributed by atoms with Gasteiger partial charge in [-0.2, -0.15) is 5.10 Å². The van der Waals surface area contributed by atoms with Crippen LogP contribution in [-0.4, -0.2) is 37.4 Å². The van der Waals surface area contributed by atoms with E-state index in [9.17, 15) is 14.4 Å². The van der Waals surface area contributed by atoms with E-state index in [2.05, 4.69) is 10.3 Å². The van der Waals surface area contributed by atoms with E-state index >= 15 is 0 Å². The summed E-state index contributed by atoms with van der Waals surface area (Å²) in [5, 5.41) is 7.72. The Morgan fingerprint density at radius 1 is 0.886 bits per heavy atom. The number of rotatable bonds is 7. The molecule has 174 valence electrons. The molecule has 0 saturated carbocycles. The van der Waals surface area contributed by atoms with Crippen LogP contribution in [0.5, 0.6) is 0 Å². The second-order valence-electron chi connectivity index (χ2n) is 8.27. The lowest BCUT2D eigenvalue weighted by Crippen LogP contribution is -2.28. The zero-order chi connectivity index (χ0) is 24.2. The maximum absolute atomic E-state index is 12.8. The van der Waals surface area contributed by atoms with Gasteiger partial charge in [-0.25, -0.2) is 4.68 Å². The number of hydrogen-bond donors (Lipinski definition) is 1. The topological polar surface area (TPSA) is 97.2 Å². The fourth-order valence-electron chi connectivity index (χ4n) is 4.03. The van der Waals surface area contributed by atoms with Crippen molar-refractivity contribution < 1.29 is 14.4 Å². The summed E-state index contributed by atoms with van der Waals surface area (Å²) in [5.41, 5.74) is 4.77. The number of hydrogen-bond acceptors (Lipinski definition) is 5. The van der Waals surface area contributed by atoms with Crippen LogP contribution in [0.4, 0.5) is 0 Å². The molecule has 4 aromatic rings. The molecule has 2 aromatic heterocycles. The normalized spacial score (nSPS) is 13.3. The molecule has 0 bridgehead atoms. The molecule has 1 N–H and O–H groups in total. The van der Waals surface area contributed by atoms with E-state index in [1.807, 2.05) is 48.7 Å². The van der Waals surface area contributed by atoms with E-state index < -0.39 is 0 Å². The minimum Gasteiger partial charge on any atom is -0.348 e. The van der Waals surface area contributed by atoms with Gasteiger partial charge in [0.1, 0.15) is 0 Å². The van der Waals surface area contributed by atoms with Gasteiger partial charge in [0, 0.05) is 54.7 Å². The number of para-hydroxylation sites is 1. The molecule has 3 amide bonds. The summed E-state index contributed by atoms with van der Waals surface area (Å²) >= 11 is 0. The molecule has 0 aliphatic carbocycles. The largest absolute Gasteiger partial charge is 0.348 e. The highest BCUT2D eigenvalue weighted by Crippen LogP contribution is 2.23. The Morgan fingerprint density at radius 3 is 2.26 bits per heavy atom. The third-order valence-corrected chi connectivity index (χ3v) is 5.92. The van der Waals surface area contributed by atoms with Crippen LogP contribution in [0.25, 0.3) is 16.9 Å². The van der Waals surface area contributed by atoms with Gasteiger partial charge in [-0.15, -0.1) is 0 Å². The molecule has 5 rings (SSSR count). The van der Waals surface area contributed by atoms with E-state index in [1.54, 1.807) is 41.3 Å². The molecule has 8 nitrogen and oxygen atoms in total. The zero-order valence-electron chi connectivity index (χ0n) is 18.9. The molecular formula is C27H23N5O3. The second-order valence-corrected chi connectivity index (χ2v) is 8.27. The lowest BCUT2D eigenvalue weighted by Gasteiger charge is -2.14. The van der Waals surface area contributed by atoms with Gasteiger partial charge in [-0.1, -0.05) is 30.3 Å². The van der Waals surface area contributed by atoms with Crippen molar-refractivity contribution in [1.29, 1.82) is 0 Å². The molecule has 0 radical (unpaired) electrons. The average Bonchev–Trinajstić information content (AvgIpc) is 3.47. The summed E-state index contributed by atoms with van der Waals surface area (Å²) in [7, 11) is 0. The van der Waals surface area contributed by atoms with Crippen molar-refractivity contribution in [3.63, 3.8) is 0 Å². The Bertz CT molecular complexity index is 1350. The van der Waals surface area contributed by atoms with Crippen molar-refractivity contribution in [3.8, 4) is 16.9 Å². The smallest absolute Gasteiger partial charge is 0.251 e. The number of imide groups is 1. The lowest BCUT2D eigenvalue weighted by molar-refractivity contribution is -0.139. The Hall–Kier alpha value is -4.59. The standard InChI is InChI=1S/C27H23N5O3/c33-24-10-11-25(34)31(24)17-19-6-8-21(9-7-19)27(35)29-16-22-18-32(23-4-2-1-3-5-23)30-26(22)20-12-14-28-15-13-20/h1-9,12-15,18H,10-11,16-17H2,(H,29,35). The molecule has 1 fully saturated rings. The molecule has 1 aliphatic rings. The first-order chi connectivity index (χ1) is 17.1. The summed E-state index contributed by atoms with van der Waals surface area (Å²) in [6, 6.07) is 20.5. The monoisotopic (exact) mass is 465 g/mol. The molecule has 8 heteroatoms. The predicted octanol–water partition coefficient (Wildman–Crippen LogP) is 3.51. The van der Waals surface area contributed by atoms with Crippen molar-refractivity contribution in [2.45, 2.75) is 25.9 Å². The highest BCUT2D eigenvalue weighted by Gasteiger charge is 2.28. The number of benzene rings is 2. The fourth-order valence-corrected chi connectivity index (χ4v) is 4.03. The Kier molecular flexibility index (Phi) is 6.17. The fraction of sp³-hybridized carbons (Fsp3) is 0.148. The number of aromatic nitrogens is 3. The molecule has 2 aromatic carbocycles. The zero-order valence-corrected chi connectivity index (χ0v) is 18.9. The molecule has 0 spiro atoms. The Balaban J connectivity index is 1.30. The summed E-state index contributed by atoms with van der Waals surface area (Å²) in [6.07, 6.45) is 5.87. The Labute approximate surface area is 202 Å². The van der Waals surface area contributed by atoms with Gasteiger partial charge in [0.05, 0.1) is 17.9 Å². The van der Waals surface area contributed by atoms with E-state index in [4.69, 9.17) is 5.10 Å². The number of nitrogens with zero attached hydrogens (tertiary/aromatic N) is 4. The first-order valence-electron chi connectivity index (χ1n) is 11.3. The van der Waals surface area contributed by atoms with Gasteiger partial charge in [0.15, 0.2) is 0 Å². The van der Waals surface area contributed by atoms with Gasteiger partial charge < -0.3 is 5.32 Å². The molecular weight excluding hydrogens is 442 g/mol. The highest BCUT2D eigenvalue weighted by molar-refractivity contribution is 6.01. The minimum atomic E-state index is -0.224.